The van der Waals surface area contributed by atoms with Crippen molar-refractivity contribution in [3.8, 4) is 0 Å². The van der Waals surface area contributed by atoms with Gasteiger partial charge >= 0.3 is 5.97 Å². The van der Waals surface area contributed by atoms with Crippen LogP contribution in [-0.2, 0) is 10.0 Å². The van der Waals surface area contributed by atoms with Gasteiger partial charge in [0.1, 0.15) is 11.0 Å². The van der Waals surface area contributed by atoms with Gasteiger partial charge in [0.25, 0.3) is 10.0 Å². The first kappa shape index (κ1) is 14.6. The summed E-state index contributed by atoms with van der Waals surface area (Å²) in [5, 5.41) is 7.77. The highest BCUT2D eigenvalue weighted by Gasteiger charge is 2.22. The topological polar surface area (TPSA) is 122 Å². The Labute approximate surface area is 122 Å². The van der Waals surface area contributed by atoms with E-state index < -0.39 is 26.8 Å². The Bertz CT molecular complexity index is 753. The van der Waals surface area contributed by atoms with Gasteiger partial charge in [0.15, 0.2) is 0 Å². The summed E-state index contributed by atoms with van der Waals surface area (Å²) >= 11 is 11.1. The van der Waals surface area contributed by atoms with Crippen LogP contribution in [0.4, 0.5) is 5.82 Å². The lowest BCUT2D eigenvalue weighted by Crippen LogP contribution is -2.13. The number of aromatic nitrogens is 2. The van der Waals surface area contributed by atoms with Crippen LogP contribution < -0.4 is 4.72 Å². The molecule has 2 rings (SSSR count). The third-order valence-electron chi connectivity index (χ3n) is 1.96. The van der Waals surface area contributed by atoms with E-state index in [2.05, 4.69) is 14.4 Å². The molecule has 0 spiro atoms. The first-order chi connectivity index (χ1) is 9.28. The number of anilines is 1. The maximum atomic E-state index is 11.9. The zero-order chi connectivity index (χ0) is 14.9. The Morgan fingerprint density at radius 1 is 1.30 bits per heavy atom. The minimum Gasteiger partial charge on any atom is -0.475 e. The number of hydrogen-bond acceptors (Lipinski definition) is 6. The highest BCUT2D eigenvalue weighted by Crippen LogP contribution is 2.20. The minimum absolute atomic E-state index is 0.0617. The second-order valence-electron chi connectivity index (χ2n) is 3.37. The van der Waals surface area contributed by atoms with Gasteiger partial charge in [-0.05, 0) is 23.7 Å². The molecular weight excluding hydrogens is 333 g/mol. The summed E-state index contributed by atoms with van der Waals surface area (Å²) in [5.41, 5.74) is 0. The molecule has 0 unspecified atom stereocenters. The molecule has 0 saturated heterocycles. The Balaban J connectivity index is 2.32. The maximum Gasteiger partial charge on any atom is 0.371 e. The summed E-state index contributed by atoms with van der Waals surface area (Å²) in [6, 6.07) is 3.14. The van der Waals surface area contributed by atoms with Crippen LogP contribution in [0.3, 0.4) is 0 Å². The van der Waals surface area contributed by atoms with Crippen molar-refractivity contribution in [2.75, 3.05) is 4.72 Å². The van der Waals surface area contributed by atoms with Crippen molar-refractivity contribution >= 4 is 45.0 Å². The number of carboxylic acids is 1. The molecule has 0 aromatic carbocycles. The van der Waals surface area contributed by atoms with Crippen LogP contribution >= 0.6 is 23.2 Å². The molecule has 2 aromatic rings. The van der Waals surface area contributed by atoms with Crippen molar-refractivity contribution in [2.24, 2.45) is 0 Å². The van der Waals surface area contributed by atoms with E-state index >= 15 is 0 Å². The number of hydrogen-bond donors (Lipinski definition) is 2. The number of halogens is 2. The molecule has 2 N–H and O–H groups in total. The van der Waals surface area contributed by atoms with Crippen LogP contribution in [0.25, 0.3) is 0 Å². The van der Waals surface area contributed by atoms with Crippen molar-refractivity contribution in [1.29, 1.82) is 0 Å². The third-order valence-corrected chi connectivity index (χ3v) is 3.55. The van der Waals surface area contributed by atoms with Gasteiger partial charge in [-0.1, -0.05) is 11.6 Å². The summed E-state index contributed by atoms with van der Waals surface area (Å²) in [4.78, 5) is 17.8. The van der Waals surface area contributed by atoms with E-state index in [1.807, 2.05) is 4.72 Å². The first-order valence-electron chi connectivity index (χ1n) is 4.84. The van der Waals surface area contributed by atoms with Crippen LogP contribution in [0.2, 0.25) is 10.4 Å². The van der Waals surface area contributed by atoms with Gasteiger partial charge < -0.3 is 9.52 Å². The fourth-order valence-corrected chi connectivity index (χ4v) is 2.55. The summed E-state index contributed by atoms with van der Waals surface area (Å²) in [7, 11) is -4.15. The monoisotopic (exact) mass is 337 g/mol. The number of nitrogens with zero attached hydrogens (tertiary/aromatic N) is 2. The summed E-state index contributed by atoms with van der Waals surface area (Å²) in [5.74, 6) is -2.08. The molecule has 2 aromatic heterocycles. The van der Waals surface area contributed by atoms with Gasteiger partial charge in [-0.15, -0.1) is 0 Å². The molecule has 0 radical (unpaired) electrons. The Hall–Kier alpha value is -1.84. The molecule has 2 heterocycles. The Morgan fingerprint density at radius 2 is 2.00 bits per heavy atom. The molecule has 0 aliphatic heterocycles. The van der Waals surface area contributed by atoms with Gasteiger partial charge in [-0.2, -0.15) is 13.4 Å². The van der Waals surface area contributed by atoms with Crippen molar-refractivity contribution in [3.63, 3.8) is 0 Å². The van der Waals surface area contributed by atoms with Gasteiger partial charge in [-0.3, -0.25) is 4.72 Å². The number of nitrogens with one attached hydrogen (secondary N) is 1. The minimum atomic E-state index is -4.15. The fourth-order valence-electron chi connectivity index (χ4n) is 1.21. The van der Waals surface area contributed by atoms with Crippen molar-refractivity contribution < 1.29 is 22.7 Å². The first-order valence-corrected chi connectivity index (χ1v) is 7.08. The van der Waals surface area contributed by atoms with E-state index in [1.165, 1.54) is 0 Å². The van der Waals surface area contributed by atoms with E-state index in [-0.39, 0.29) is 16.3 Å². The molecule has 0 atom stereocenters. The van der Waals surface area contributed by atoms with Crippen LogP contribution in [0.5, 0.6) is 0 Å². The number of aromatic carboxylic acids is 1. The lowest BCUT2D eigenvalue weighted by molar-refractivity contribution is 0.0656. The van der Waals surface area contributed by atoms with Crippen LogP contribution in [0.15, 0.2) is 27.7 Å². The number of rotatable bonds is 4. The van der Waals surface area contributed by atoms with Crippen molar-refractivity contribution in [2.45, 2.75) is 5.09 Å². The number of sulfonamides is 1. The van der Waals surface area contributed by atoms with Gasteiger partial charge in [0.2, 0.25) is 16.1 Å². The van der Waals surface area contributed by atoms with Gasteiger partial charge in [-0.25, -0.2) is 9.78 Å². The van der Waals surface area contributed by atoms with E-state index in [9.17, 15) is 13.2 Å². The number of furan rings is 1. The lowest BCUT2D eigenvalue weighted by Gasteiger charge is -2.05. The predicted octanol–water partition coefficient (Wildman–Crippen LogP) is 1.88. The number of carboxylic acid groups (broad SMARTS) is 1. The zero-order valence-electron chi connectivity index (χ0n) is 9.37. The summed E-state index contributed by atoms with van der Waals surface area (Å²) in [6.07, 6.45) is 0. The quantitative estimate of drug-likeness (QED) is 0.644. The highest BCUT2D eigenvalue weighted by molar-refractivity contribution is 7.92. The Morgan fingerprint density at radius 3 is 2.55 bits per heavy atom. The SMILES string of the molecule is O=C(O)c1ccc(S(=O)(=O)Nc2cc(Cl)nc(Cl)n2)o1. The van der Waals surface area contributed by atoms with E-state index in [0.717, 1.165) is 18.2 Å². The largest absolute Gasteiger partial charge is 0.475 e. The third kappa shape index (κ3) is 3.18. The smallest absolute Gasteiger partial charge is 0.371 e. The molecule has 20 heavy (non-hydrogen) atoms. The molecule has 11 heteroatoms. The number of carbonyl (C=O) groups is 1. The zero-order valence-corrected chi connectivity index (χ0v) is 11.7. The second-order valence-corrected chi connectivity index (χ2v) is 5.71. The van der Waals surface area contributed by atoms with Crippen molar-refractivity contribution in [1.82, 2.24) is 9.97 Å². The van der Waals surface area contributed by atoms with E-state index in [1.54, 1.807) is 0 Å². The highest BCUT2D eigenvalue weighted by atomic mass is 35.5. The lowest BCUT2D eigenvalue weighted by atomic mass is 10.5. The standard InChI is InChI=1S/C9H5Cl2N3O5S/c10-5-3-6(13-9(11)12-5)14-20(17,18)7-2-1-4(19-7)8(15)16/h1-3H,(H,15,16)(H,12,13,14). The fraction of sp³-hybridized carbons (Fsp3) is 0. The maximum absolute atomic E-state index is 11.9. The molecule has 0 saturated carbocycles. The van der Waals surface area contributed by atoms with Crippen molar-refractivity contribution in [3.05, 3.63) is 34.4 Å². The molecule has 0 aliphatic carbocycles. The second kappa shape index (κ2) is 5.27. The van der Waals surface area contributed by atoms with Gasteiger partial charge in [0.05, 0.1) is 0 Å². The molecule has 0 bridgehead atoms. The van der Waals surface area contributed by atoms with E-state index in [4.69, 9.17) is 28.3 Å². The summed E-state index contributed by atoms with van der Waals surface area (Å²) < 4.78 is 30.5. The molecule has 8 nitrogen and oxygen atoms in total. The average molecular weight is 338 g/mol. The molecule has 106 valence electrons. The normalized spacial score (nSPS) is 11.3. The molecule has 0 amide bonds. The summed E-state index contributed by atoms with van der Waals surface area (Å²) in [6.45, 7) is 0. The predicted molar refractivity (Wildman–Crippen MR) is 68.5 cm³/mol. The molecule has 0 fully saturated rings. The Kier molecular flexibility index (Phi) is 3.84. The van der Waals surface area contributed by atoms with Crippen LogP contribution in [0, 0.1) is 0 Å². The van der Waals surface area contributed by atoms with Gasteiger partial charge in [0, 0.05) is 6.07 Å². The van der Waals surface area contributed by atoms with Crippen LogP contribution in [-0.4, -0.2) is 29.5 Å². The molecule has 0 aliphatic rings. The van der Waals surface area contributed by atoms with E-state index in [0.29, 0.717) is 0 Å². The molecular formula is C9H5Cl2N3O5S. The van der Waals surface area contributed by atoms with Crippen LogP contribution in [0.1, 0.15) is 10.6 Å². The average Bonchev–Trinajstić information content (AvgIpc) is 2.76.